The van der Waals surface area contributed by atoms with Crippen molar-refractivity contribution < 1.29 is 14.7 Å². The number of halogens is 2. The number of rotatable bonds is 5. The zero-order valence-corrected chi connectivity index (χ0v) is 16.3. The van der Waals surface area contributed by atoms with Gasteiger partial charge in [0, 0.05) is 10.0 Å². The molecular weight excluding hydrogens is 385 g/mol. The first kappa shape index (κ1) is 19.7. The minimum atomic E-state index is -1.22. The number of nitrogens with one attached hydrogen (secondary N) is 1. The average Bonchev–Trinajstić information content (AvgIpc) is 2.65. The Labute approximate surface area is 168 Å². The third kappa shape index (κ3) is 4.63. The van der Waals surface area contributed by atoms with Gasteiger partial charge >= 0.3 is 5.97 Å². The van der Waals surface area contributed by atoms with Gasteiger partial charge in [-0.15, -0.1) is 0 Å². The first-order valence-corrected chi connectivity index (χ1v) is 9.68. The van der Waals surface area contributed by atoms with Gasteiger partial charge in [0.1, 0.15) is 5.54 Å². The highest BCUT2D eigenvalue weighted by atomic mass is 35.5. The van der Waals surface area contributed by atoms with Gasteiger partial charge < -0.3 is 10.4 Å². The highest BCUT2D eigenvalue weighted by Crippen LogP contribution is 2.38. The number of aliphatic carboxylic acids is 1. The van der Waals surface area contributed by atoms with Crippen molar-refractivity contribution in [2.45, 2.75) is 43.6 Å². The maximum Gasteiger partial charge on any atom is 0.329 e. The Morgan fingerprint density at radius 2 is 1.74 bits per heavy atom. The van der Waals surface area contributed by atoms with Crippen molar-refractivity contribution in [3.8, 4) is 0 Å². The third-order valence-corrected chi connectivity index (χ3v) is 5.85. The molecule has 1 aliphatic rings. The smallest absolute Gasteiger partial charge is 0.329 e. The molecular formula is C21H21Cl2NO3. The zero-order valence-electron chi connectivity index (χ0n) is 14.8. The SMILES string of the molecule is O=C(Cc1ccc(Cl)cc1Cl)NC1(C(=O)O)CCC(c2ccccc2)CC1. The summed E-state index contributed by atoms with van der Waals surface area (Å²) in [4.78, 5) is 24.5. The van der Waals surface area contributed by atoms with Crippen LogP contribution in [-0.4, -0.2) is 22.5 Å². The largest absolute Gasteiger partial charge is 0.480 e. The zero-order chi connectivity index (χ0) is 19.4. The van der Waals surface area contributed by atoms with Crippen LogP contribution < -0.4 is 5.32 Å². The molecule has 1 fully saturated rings. The monoisotopic (exact) mass is 405 g/mol. The Hall–Kier alpha value is -2.04. The van der Waals surface area contributed by atoms with Crippen LogP contribution in [0.4, 0.5) is 0 Å². The van der Waals surface area contributed by atoms with Gasteiger partial charge in [0.25, 0.3) is 0 Å². The Morgan fingerprint density at radius 1 is 1.07 bits per heavy atom. The average molecular weight is 406 g/mol. The van der Waals surface area contributed by atoms with Gasteiger partial charge in [0.15, 0.2) is 0 Å². The van der Waals surface area contributed by atoms with E-state index < -0.39 is 11.5 Å². The van der Waals surface area contributed by atoms with Gasteiger partial charge in [-0.25, -0.2) is 4.79 Å². The van der Waals surface area contributed by atoms with Crippen LogP contribution in [0.25, 0.3) is 0 Å². The molecule has 0 bridgehead atoms. The highest BCUT2D eigenvalue weighted by Gasteiger charge is 2.43. The van der Waals surface area contributed by atoms with Crippen molar-refractivity contribution in [3.05, 3.63) is 69.7 Å². The number of carbonyl (C=O) groups is 2. The minimum Gasteiger partial charge on any atom is -0.480 e. The summed E-state index contributed by atoms with van der Waals surface area (Å²) >= 11 is 12.0. The van der Waals surface area contributed by atoms with Crippen LogP contribution in [0.5, 0.6) is 0 Å². The summed E-state index contributed by atoms with van der Waals surface area (Å²) in [5.41, 5.74) is 0.620. The fraction of sp³-hybridized carbons (Fsp3) is 0.333. The van der Waals surface area contributed by atoms with Crippen LogP contribution in [0, 0.1) is 0 Å². The molecule has 0 radical (unpaired) electrons. The lowest BCUT2D eigenvalue weighted by molar-refractivity contribution is -0.149. The predicted molar refractivity (Wildman–Crippen MR) is 106 cm³/mol. The maximum atomic E-state index is 12.5. The van der Waals surface area contributed by atoms with E-state index in [1.807, 2.05) is 18.2 Å². The van der Waals surface area contributed by atoms with E-state index in [4.69, 9.17) is 23.2 Å². The van der Waals surface area contributed by atoms with Crippen LogP contribution >= 0.6 is 23.2 Å². The Morgan fingerprint density at radius 3 is 2.33 bits per heavy atom. The summed E-state index contributed by atoms with van der Waals surface area (Å²) in [5, 5.41) is 13.4. The van der Waals surface area contributed by atoms with E-state index in [0.717, 1.165) is 12.8 Å². The topological polar surface area (TPSA) is 66.4 Å². The molecule has 0 aromatic heterocycles. The molecule has 1 aliphatic carbocycles. The fourth-order valence-corrected chi connectivity index (χ4v) is 4.19. The van der Waals surface area contributed by atoms with E-state index in [1.165, 1.54) is 5.56 Å². The molecule has 6 heteroatoms. The van der Waals surface area contributed by atoms with Crippen molar-refractivity contribution in [3.63, 3.8) is 0 Å². The molecule has 4 nitrogen and oxygen atoms in total. The van der Waals surface area contributed by atoms with E-state index in [2.05, 4.69) is 17.4 Å². The van der Waals surface area contributed by atoms with E-state index in [0.29, 0.717) is 34.4 Å². The van der Waals surface area contributed by atoms with Gasteiger partial charge in [0.05, 0.1) is 6.42 Å². The summed E-state index contributed by atoms with van der Waals surface area (Å²) in [6, 6.07) is 15.0. The Bertz CT molecular complexity index is 831. The molecule has 0 heterocycles. The number of carbonyl (C=O) groups excluding carboxylic acids is 1. The second kappa shape index (κ2) is 8.32. The summed E-state index contributed by atoms with van der Waals surface area (Å²) in [6.45, 7) is 0. The second-order valence-electron chi connectivity index (χ2n) is 7.03. The maximum absolute atomic E-state index is 12.5. The number of carboxylic acid groups (broad SMARTS) is 1. The van der Waals surface area contributed by atoms with Crippen LogP contribution in [0.2, 0.25) is 10.0 Å². The van der Waals surface area contributed by atoms with Crippen LogP contribution in [0.1, 0.15) is 42.7 Å². The Balaban J connectivity index is 1.67. The molecule has 2 aromatic carbocycles. The summed E-state index contributed by atoms with van der Waals surface area (Å²) < 4.78 is 0. The molecule has 2 N–H and O–H groups in total. The quantitative estimate of drug-likeness (QED) is 0.747. The normalized spacial score (nSPS) is 22.2. The van der Waals surface area contributed by atoms with E-state index in [-0.39, 0.29) is 12.3 Å². The number of hydrogen-bond acceptors (Lipinski definition) is 2. The number of hydrogen-bond donors (Lipinski definition) is 2. The van der Waals surface area contributed by atoms with Crippen molar-refractivity contribution in [2.75, 3.05) is 0 Å². The first-order chi connectivity index (χ1) is 12.9. The van der Waals surface area contributed by atoms with Gasteiger partial charge in [-0.05, 0) is 54.9 Å². The van der Waals surface area contributed by atoms with Gasteiger partial charge in [-0.3, -0.25) is 4.79 Å². The van der Waals surface area contributed by atoms with E-state index >= 15 is 0 Å². The summed E-state index contributed by atoms with van der Waals surface area (Å²) in [6.07, 6.45) is 2.27. The van der Waals surface area contributed by atoms with Crippen LogP contribution in [0.3, 0.4) is 0 Å². The number of benzene rings is 2. The summed E-state index contributed by atoms with van der Waals surface area (Å²) in [5.74, 6) is -1.01. The molecule has 1 amide bonds. The molecule has 142 valence electrons. The van der Waals surface area contributed by atoms with Crippen molar-refractivity contribution >= 4 is 35.1 Å². The van der Waals surface area contributed by atoms with E-state index in [1.54, 1.807) is 18.2 Å². The van der Waals surface area contributed by atoms with Crippen molar-refractivity contribution in [1.29, 1.82) is 0 Å². The van der Waals surface area contributed by atoms with Crippen LogP contribution in [0.15, 0.2) is 48.5 Å². The van der Waals surface area contributed by atoms with Crippen molar-refractivity contribution in [1.82, 2.24) is 5.32 Å². The number of amides is 1. The van der Waals surface area contributed by atoms with Gasteiger partial charge in [-0.1, -0.05) is 59.6 Å². The molecule has 0 aliphatic heterocycles. The molecule has 27 heavy (non-hydrogen) atoms. The Kier molecular flexibility index (Phi) is 6.08. The lowest BCUT2D eigenvalue weighted by atomic mass is 9.74. The molecule has 0 saturated heterocycles. The van der Waals surface area contributed by atoms with Gasteiger partial charge in [0.2, 0.25) is 5.91 Å². The van der Waals surface area contributed by atoms with E-state index in [9.17, 15) is 14.7 Å². The standard InChI is InChI=1S/C21H21Cl2NO3/c22-17-7-6-16(18(23)13-17)12-19(25)24-21(20(26)27)10-8-15(9-11-21)14-4-2-1-3-5-14/h1-7,13,15H,8-12H2,(H,24,25)(H,26,27). The first-order valence-electron chi connectivity index (χ1n) is 8.93. The molecule has 1 saturated carbocycles. The molecule has 3 rings (SSSR count). The second-order valence-corrected chi connectivity index (χ2v) is 7.88. The van der Waals surface area contributed by atoms with Gasteiger partial charge in [-0.2, -0.15) is 0 Å². The minimum absolute atomic E-state index is 0.0210. The fourth-order valence-electron chi connectivity index (χ4n) is 3.71. The third-order valence-electron chi connectivity index (χ3n) is 5.26. The molecule has 2 aromatic rings. The number of carboxylic acids is 1. The molecule has 0 spiro atoms. The highest BCUT2D eigenvalue weighted by molar-refractivity contribution is 6.35. The van der Waals surface area contributed by atoms with Crippen LogP contribution in [-0.2, 0) is 16.0 Å². The lowest BCUT2D eigenvalue weighted by Crippen LogP contribution is -2.56. The lowest BCUT2D eigenvalue weighted by Gasteiger charge is -2.37. The summed E-state index contributed by atoms with van der Waals surface area (Å²) in [7, 11) is 0. The van der Waals surface area contributed by atoms with Crippen molar-refractivity contribution in [2.24, 2.45) is 0 Å². The molecule has 0 unspecified atom stereocenters. The predicted octanol–water partition coefficient (Wildman–Crippen LogP) is 4.83. The molecule has 0 atom stereocenters.